The maximum atomic E-state index is 14.0. The Morgan fingerprint density at radius 3 is 2.57 bits per heavy atom. The average molecular weight is 305 g/mol. The van der Waals surface area contributed by atoms with Crippen LogP contribution in [-0.2, 0) is 0 Å². The molecule has 0 aliphatic carbocycles. The fourth-order valence-corrected chi connectivity index (χ4v) is 2.62. The van der Waals surface area contributed by atoms with E-state index in [4.69, 9.17) is 11.1 Å². The first kappa shape index (κ1) is 13.5. The highest BCUT2D eigenvalue weighted by Crippen LogP contribution is 2.31. The predicted molar refractivity (Wildman–Crippen MR) is 74.5 cm³/mol. The minimum absolute atomic E-state index is 0.000418. The lowest BCUT2D eigenvalue weighted by Crippen LogP contribution is -2.12. The summed E-state index contributed by atoms with van der Waals surface area (Å²) in [6, 6.07) is 7.35. The minimum Gasteiger partial charge on any atom is -0.384 e. The summed E-state index contributed by atoms with van der Waals surface area (Å²) in [4.78, 5) is -0.210. The van der Waals surface area contributed by atoms with E-state index in [1.54, 1.807) is 28.8 Å². The summed E-state index contributed by atoms with van der Waals surface area (Å²) in [5.74, 6) is -1.98. The van der Waals surface area contributed by atoms with E-state index >= 15 is 0 Å². The maximum absolute atomic E-state index is 14.0. The van der Waals surface area contributed by atoms with Crippen molar-refractivity contribution in [2.45, 2.75) is 10.1 Å². The van der Waals surface area contributed by atoms with E-state index in [2.05, 4.69) is 10.2 Å². The van der Waals surface area contributed by atoms with Crippen LogP contribution in [0.25, 0.3) is 5.65 Å². The van der Waals surface area contributed by atoms with Crippen LogP contribution in [0.4, 0.5) is 8.78 Å². The van der Waals surface area contributed by atoms with Crippen LogP contribution in [0.15, 0.2) is 46.6 Å². The van der Waals surface area contributed by atoms with E-state index < -0.39 is 17.5 Å². The minimum atomic E-state index is -0.794. The number of amidine groups is 1. The van der Waals surface area contributed by atoms with E-state index in [1.807, 2.05) is 0 Å². The van der Waals surface area contributed by atoms with Gasteiger partial charge in [-0.05, 0) is 36.0 Å². The van der Waals surface area contributed by atoms with Gasteiger partial charge in [0.15, 0.2) is 5.65 Å². The number of nitrogens with zero attached hydrogens (tertiary/aromatic N) is 3. The third kappa shape index (κ3) is 2.45. The van der Waals surface area contributed by atoms with Crippen LogP contribution in [-0.4, -0.2) is 20.4 Å². The average Bonchev–Trinajstić information content (AvgIpc) is 2.86. The molecule has 2 aromatic heterocycles. The summed E-state index contributed by atoms with van der Waals surface area (Å²) < 4.78 is 29.6. The summed E-state index contributed by atoms with van der Waals surface area (Å²) in [6.07, 6.45) is 1.71. The third-order valence-electron chi connectivity index (χ3n) is 2.79. The zero-order chi connectivity index (χ0) is 15.0. The van der Waals surface area contributed by atoms with Gasteiger partial charge in [-0.25, -0.2) is 8.78 Å². The topological polar surface area (TPSA) is 80.1 Å². The van der Waals surface area contributed by atoms with Gasteiger partial charge in [0.1, 0.15) is 17.5 Å². The van der Waals surface area contributed by atoms with E-state index in [0.717, 1.165) is 23.9 Å². The van der Waals surface area contributed by atoms with Gasteiger partial charge in [0.2, 0.25) is 5.16 Å². The van der Waals surface area contributed by atoms with Crippen molar-refractivity contribution in [3.8, 4) is 0 Å². The molecule has 0 radical (unpaired) electrons. The fraction of sp³-hybridized carbons (Fsp3) is 0. The van der Waals surface area contributed by atoms with Gasteiger partial charge >= 0.3 is 0 Å². The number of pyridine rings is 1. The van der Waals surface area contributed by atoms with Crippen LogP contribution < -0.4 is 5.73 Å². The molecule has 0 aliphatic rings. The normalized spacial score (nSPS) is 11.0. The molecule has 3 N–H and O–H groups in total. The highest BCUT2D eigenvalue weighted by molar-refractivity contribution is 7.99. The predicted octanol–water partition coefficient (Wildman–Crippen LogP) is 2.44. The standard InChI is InChI=1S/C13H9F2N5S/c14-8-5-7(12(16)17)6-9(15)11(8)21-13-19-18-10-3-1-2-4-20(10)13/h1-6H,(H3,16,17). The number of halogens is 2. The Kier molecular flexibility index (Phi) is 3.30. The smallest absolute Gasteiger partial charge is 0.200 e. The fourth-order valence-electron chi connectivity index (χ4n) is 1.79. The molecule has 3 aromatic rings. The van der Waals surface area contributed by atoms with Crippen LogP contribution in [0.2, 0.25) is 0 Å². The number of fused-ring (bicyclic) bond motifs is 1. The Labute approximate surface area is 122 Å². The summed E-state index contributed by atoms with van der Waals surface area (Å²) in [5, 5.41) is 15.4. The largest absolute Gasteiger partial charge is 0.384 e. The highest BCUT2D eigenvalue weighted by atomic mass is 32.2. The summed E-state index contributed by atoms with van der Waals surface area (Å²) in [7, 11) is 0. The van der Waals surface area contributed by atoms with E-state index in [0.29, 0.717) is 10.8 Å². The number of hydrogen-bond donors (Lipinski definition) is 2. The first-order valence-electron chi connectivity index (χ1n) is 5.87. The maximum Gasteiger partial charge on any atom is 0.200 e. The Morgan fingerprint density at radius 1 is 1.19 bits per heavy atom. The first-order chi connectivity index (χ1) is 10.1. The van der Waals surface area contributed by atoms with Crippen molar-refractivity contribution in [2.75, 3.05) is 0 Å². The van der Waals surface area contributed by atoms with E-state index in [1.165, 1.54) is 0 Å². The molecule has 0 fully saturated rings. The Morgan fingerprint density at radius 2 is 1.90 bits per heavy atom. The SMILES string of the molecule is N=C(N)c1cc(F)c(Sc2nnc3ccccn23)c(F)c1. The second-order valence-corrected chi connectivity index (χ2v) is 5.17. The quantitative estimate of drug-likeness (QED) is 0.575. The molecular weight excluding hydrogens is 296 g/mol. The van der Waals surface area contributed by atoms with Gasteiger partial charge in [-0.1, -0.05) is 6.07 Å². The molecule has 3 rings (SSSR count). The lowest BCUT2D eigenvalue weighted by molar-refractivity contribution is 0.539. The molecule has 0 saturated carbocycles. The highest BCUT2D eigenvalue weighted by Gasteiger charge is 2.16. The van der Waals surface area contributed by atoms with Gasteiger partial charge in [0.25, 0.3) is 0 Å². The zero-order valence-corrected chi connectivity index (χ0v) is 11.4. The molecule has 21 heavy (non-hydrogen) atoms. The molecule has 1 aromatic carbocycles. The third-order valence-corrected chi connectivity index (χ3v) is 3.84. The molecule has 0 saturated heterocycles. The Balaban J connectivity index is 2.04. The number of nitrogen functional groups attached to an aromatic ring is 1. The Bertz CT molecular complexity index is 822. The monoisotopic (exact) mass is 305 g/mol. The molecule has 0 amide bonds. The van der Waals surface area contributed by atoms with Crippen molar-refractivity contribution in [3.63, 3.8) is 0 Å². The van der Waals surface area contributed by atoms with Gasteiger partial charge in [-0.3, -0.25) is 9.81 Å². The molecule has 106 valence electrons. The summed E-state index contributed by atoms with van der Waals surface area (Å²) >= 11 is 0.825. The van der Waals surface area contributed by atoms with Crippen molar-refractivity contribution >= 4 is 23.2 Å². The second kappa shape index (κ2) is 5.13. The second-order valence-electron chi connectivity index (χ2n) is 4.20. The van der Waals surface area contributed by atoms with Crippen LogP contribution in [0, 0.1) is 17.0 Å². The summed E-state index contributed by atoms with van der Waals surface area (Å²) in [6.45, 7) is 0. The van der Waals surface area contributed by atoms with Gasteiger partial charge in [0, 0.05) is 11.8 Å². The molecule has 0 spiro atoms. The molecule has 0 aliphatic heterocycles. The van der Waals surface area contributed by atoms with Crippen molar-refractivity contribution < 1.29 is 8.78 Å². The number of rotatable bonds is 3. The lowest BCUT2D eigenvalue weighted by Gasteiger charge is -2.06. The molecule has 0 bridgehead atoms. The van der Waals surface area contributed by atoms with Gasteiger partial charge in [-0.2, -0.15) is 0 Å². The van der Waals surface area contributed by atoms with E-state index in [9.17, 15) is 8.78 Å². The van der Waals surface area contributed by atoms with Crippen molar-refractivity contribution in [1.82, 2.24) is 14.6 Å². The molecule has 0 atom stereocenters. The molecule has 8 heteroatoms. The van der Waals surface area contributed by atoms with Crippen LogP contribution in [0.5, 0.6) is 0 Å². The number of nitrogens with two attached hydrogens (primary N) is 1. The number of benzene rings is 1. The zero-order valence-electron chi connectivity index (χ0n) is 10.5. The first-order valence-corrected chi connectivity index (χ1v) is 6.69. The number of hydrogen-bond acceptors (Lipinski definition) is 4. The van der Waals surface area contributed by atoms with Gasteiger partial charge < -0.3 is 5.73 Å². The van der Waals surface area contributed by atoms with E-state index in [-0.39, 0.29) is 10.5 Å². The Hall–Kier alpha value is -2.48. The van der Waals surface area contributed by atoms with Crippen LogP contribution in [0.1, 0.15) is 5.56 Å². The van der Waals surface area contributed by atoms with Gasteiger partial charge in [0.05, 0.1) is 4.90 Å². The molecule has 5 nitrogen and oxygen atoms in total. The molecular formula is C13H9F2N5S. The molecule has 0 unspecified atom stereocenters. The number of aromatic nitrogens is 3. The van der Waals surface area contributed by atoms with Crippen molar-refractivity contribution in [1.29, 1.82) is 5.41 Å². The molecule has 2 heterocycles. The number of nitrogens with one attached hydrogen (secondary N) is 1. The van der Waals surface area contributed by atoms with Crippen LogP contribution in [0.3, 0.4) is 0 Å². The summed E-state index contributed by atoms with van der Waals surface area (Å²) in [5.41, 5.74) is 5.81. The van der Waals surface area contributed by atoms with Crippen molar-refractivity contribution in [2.24, 2.45) is 5.73 Å². The van der Waals surface area contributed by atoms with Crippen LogP contribution >= 0.6 is 11.8 Å². The van der Waals surface area contributed by atoms with Gasteiger partial charge in [-0.15, -0.1) is 10.2 Å². The lowest BCUT2D eigenvalue weighted by atomic mass is 10.2. The van der Waals surface area contributed by atoms with Crippen molar-refractivity contribution in [3.05, 3.63) is 53.7 Å².